The van der Waals surface area contributed by atoms with E-state index in [0.29, 0.717) is 18.6 Å². The van der Waals surface area contributed by atoms with Gasteiger partial charge in [0.25, 0.3) is 0 Å². The monoisotopic (exact) mass is 333 g/mol. The highest BCUT2D eigenvalue weighted by molar-refractivity contribution is 5.80. The van der Waals surface area contributed by atoms with Gasteiger partial charge >= 0.3 is 0 Å². The number of aryl methyl sites for hydroxylation is 1. The van der Waals surface area contributed by atoms with Gasteiger partial charge in [0.1, 0.15) is 12.4 Å². The normalized spacial score (nSPS) is 27.5. The summed E-state index contributed by atoms with van der Waals surface area (Å²) in [5, 5.41) is 15.4. The first-order valence-corrected chi connectivity index (χ1v) is 9.22. The van der Waals surface area contributed by atoms with Crippen molar-refractivity contribution >= 4 is 5.96 Å². The molecule has 2 N–H and O–H groups in total. The van der Waals surface area contributed by atoms with Crippen LogP contribution in [-0.2, 0) is 13.6 Å². The van der Waals surface area contributed by atoms with Crippen LogP contribution < -0.4 is 10.6 Å². The Balaban J connectivity index is 1.60. The first kappa shape index (κ1) is 17.2. The maximum atomic E-state index is 4.75. The van der Waals surface area contributed by atoms with Crippen molar-refractivity contribution in [3.8, 4) is 0 Å². The number of likely N-dealkylation sites (tertiary alicyclic amines) is 1. The number of nitrogens with one attached hydrogen (secondary N) is 2. The van der Waals surface area contributed by atoms with Gasteiger partial charge in [-0.15, -0.1) is 10.2 Å². The van der Waals surface area contributed by atoms with E-state index in [2.05, 4.69) is 39.6 Å². The SMILES string of the molecule is CCN1CCCC1CNC(=NCc1nnc(C)n1C)NC1CC1C. The van der Waals surface area contributed by atoms with Gasteiger partial charge in [0.2, 0.25) is 0 Å². The second-order valence-corrected chi connectivity index (χ2v) is 7.16. The third-order valence-corrected chi connectivity index (χ3v) is 5.40. The lowest BCUT2D eigenvalue weighted by atomic mass is 10.2. The zero-order valence-corrected chi connectivity index (χ0v) is 15.4. The highest BCUT2D eigenvalue weighted by atomic mass is 15.3. The van der Waals surface area contributed by atoms with Crippen LogP contribution in [0.4, 0.5) is 0 Å². The lowest BCUT2D eigenvalue weighted by Crippen LogP contribution is -2.45. The molecule has 1 aliphatic heterocycles. The van der Waals surface area contributed by atoms with Crippen molar-refractivity contribution in [2.45, 2.75) is 58.7 Å². The molecule has 2 aliphatic rings. The molecule has 2 fully saturated rings. The molecular weight excluding hydrogens is 302 g/mol. The molecule has 1 aliphatic carbocycles. The molecule has 3 unspecified atom stereocenters. The predicted molar refractivity (Wildman–Crippen MR) is 95.9 cm³/mol. The summed E-state index contributed by atoms with van der Waals surface area (Å²) in [5.41, 5.74) is 0. The van der Waals surface area contributed by atoms with Crippen LogP contribution in [0, 0.1) is 12.8 Å². The van der Waals surface area contributed by atoms with Gasteiger partial charge in [0.15, 0.2) is 11.8 Å². The highest BCUT2D eigenvalue weighted by Gasteiger charge is 2.33. The second-order valence-electron chi connectivity index (χ2n) is 7.16. The first-order valence-electron chi connectivity index (χ1n) is 9.22. The molecule has 0 bridgehead atoms. The average molecular weight is 333 g/mol. The zero-order valence-electron chi connectivity index (χ0n) is 15.4. The summed E-state index contributed by atoms with van der Waals surface area (Å²) in [4.78, 5) is 7.30. The van der Waals surface area contributed by atoms with E-state index in [-0.39, 0.29) is 0 Å². The minimum atomic E-state index is 0.552. The summed E-state index contributed by atoms with van der Waals surface area (Å²) in [7, 11) is 1.99. The topological polar surface area (TPSA) is 70.4 Å². The number of aromatic nitrogens is 3. The molecule has 7 heteroatoms. The van der Waals surface area contributed by atoms with Crippen LogP contribution in [0.15, 0.2) is 4.99 Å². The maximum absolute atomic E-state index is 4.75. The predicted octanol–water partition coefficient (Wildman–Crippen LogP) is 1.05. The molecular formula is C17H31N7. The fourth-order valence-corrected chi connectivity index (χ4v) is 3.35. The highest BCUT2D eigenvalue weighted by Crippen LogP contribution is 2.28. The molecule has 7 nitrogen and oxygen atoms in total. The van der Waals surface area contributed by atoms with E-state index < -0.39 is 0 Å². The Morgan fingerprint density at radius 1 is 1.38 bits per heavy atom. The second kappa shape index (κ2) is 7.51. The van der Waals surface area contributed by atoms with Gasteiger partial charge < -0.3 is 15.2 Å². The first-order chi connectivity index (χ1) is 11.6. The Bertz CT molecular complexity index is 579. The van der Waals surface area contributed by atoms with Crippen molar-refractivity contribution in [1.82, 2.24) is 30.3 Å². The Morgan fingerprint density at radius 3 is 2.79 bits per heavy atom. The Hall–Kier alpha value is -1.63. The van der Waals surface area contributed by atoms with E-state index in [1.165, 1.54) is 25.8 Å². The largest absolute Gasteiger partial charge is 0.355 e. The number of hydrogen-bond donors (Lipinski definition) is 2. The van der Waals surface area contributed by atoms with Crippen LogP contribution in [-0.4, -0.2) is 57.3 Å². The number of nitrogens with zero attached hydrogens (tertiary/aromatic N) is 5. The van der Waals surface area contributed by atoms with Crippen LogP contribution in [0.2, 0.25) is 0 Å². The van der Waals surface area contributed by atoms with Gasteiger partial charge in [0, 0.05) is 25.7 Å². The smallest absolute Gasteiger partial charge is 0.191 e. The van der Waals surface area contributed by atoms with Crippen LogP contribution >= 0.6 is 0 Å². The fourth-order valence-electron chi connectivity index (χ4n) is 3.35. The molecule has 2 heterocycles. The van der Waals surface area contributed by atoms with Crippen LogP contribution in [0.1, 0.15) is 44.8 Å². The van der Waals surface area contributed by atoms with E-state index in [9.17, 15) is 0 Å². The van der Waals surface area contributed by atoms with Crippen LogP contribution in [0.25, 0.3) is 0 Å². The summed E-state index contributed by atoms with van der Waals surface area (Å²) >= 11 is 0. The van der Waals surface area contributed by atoms with E-state index in [1.54, 1.807) is 0 Å². The van der Waals surface area contributed by atoms with Gasteiger partial charge in [-0.3, -0.25) is 4.90 Å². The molecule has 3 rings (SSSR count). The summed E-state index contributed by atoms with van der Waals surface area (Å²) in [6.07, 6.45) is 3.81. The number of aliphatic imine (C=N–C) groups is 1. The lowest BCUT2D eigenvalue weighted by Gasteiger charge is -2.24. The third-order valence-electron chi connectivity index (χ3n) is 5.40. The average Bonchev–Trinajstić information content (AvgIpc) is 2.97. The molecule has 24 heavy (non-hydrogen) atoms. The van der Waals surface area contributed by atoms with E-state index in [0.717, 1.165) is 36.6 Å². The number of hydrogen-bond acceptors (Lipinski definition) is 4. The van der Waals surface area contributed by atoms with Crippen molar-refractivity contribution in [3.05, 3.63) is 11.6 Å². The van der Waals surface area contributed by atoms with Crippen LogP contribution in [0.5, 0.6) is 0 Å². The van der Waals surface area contributed by atoms with Crippen molar-refractivity contribution in [2.75, 3.05) is 19.6 Å². The molecule has 1 aromatic heterocycles. The Morgan fingerprint density at radius 2 is 2.17 bits per heavy atom. The number of rotatable bonds is 6. The molecule has 0 amide bonds. The summed E-state index contributed by atoms with van der Waals surface area (Å²) < 4.78 is 2.00. The fraction of sp³-hybridized carbons (Fsp3) is 0.824. The third kappa shape index (κ3) is 4.06. The molecule has 134 valence electrons. The van der Waals surface area contributed by atoms with Crippen molar-refractivity contribution in [3.63, 3.8) is 0 Å². The van der Waals surface area contributed by atoms with Gasteiger partial charge in [-0.2, -0.15) is 0 Å². The zero-order chi connectivity index (χ0) is 17.1. The quantitative estimate of drug-likeness (QED) is 0.601. The molecule has 0 radical (unpaired) electrons. The molecule has 1 saturated heterocycles. The van der Waals surface area contributed by atoms with Crippen molar-refractivity contribution < 1.29 is 0 Å². The molecule has 3 atom stereocenters. The van der Waals surface area contributed by atoms with Crippen molar-refractivity contribution in [1.29, 1.82) is 0 Å². The molecule has 0 spiro atoms. The number of likely N-dealkylation sites (N-methyl/N-ethyl adjacent to an activating group) is 1. The summed E-state index contributed by atoms with van der Waals surface area (Å²) in [6.45, 7) is 10.3. The Kier molecular flexibility index (Phi) is 5.38. The maximum Gasteiger partial charge on any atom is 0.191 e. The van der Waals surface area contributed by atoms with Crippen LogP contribution in [0.3, 0.4) is 0 Å². The minimum Gasteiger partial charge on any atom is -0.355 e. The van der Waals surface area contributed by atoms with Gasteiger partial charge in [-0.25, -0.2) is 4.99 Å². The Labute approximate surface area is 144 Å². The molecule has 1 saturated carbocycles. The summed E-state index contributed by atoms with van der Waals surface area (Å²) in [5.74, 6) is 3.47. The number of guanidine groups is 1. The van der Waals surface area contributed by atoms with Gasteiger partial charge in [-0.05, 0) is 45.2 Å². The summed E-state index contributed by atoms with van der Waals surface area (Å²) in [6, 6.07) is 1.18. The van der Waals surface area contributed by atoms with Gasteiger partial charge in [0.05, 0.1) is 0 Å². The van der Waals surface area contributed by atoms with Crippen molar-refractivity contribution in [2.24, 2.45) is 18.0 Å². The molecule has 0 aromatic carbocycles. The molecule has 1 aromatic rings. The van der Waals surface area contributed by atoms with E-state index in [4.69, 9.17) is 4.99 Å². The van der Waals surface area contributed by atoms with E-state index >= 15 is 0 Å². The minimum absolute atomic E-state index is 0.552. The van der Waals surface area contributed by atoms with Gasteiger partial charge in [-0.1, -0.05) is 13.8 Å². The van der Waals surface area contributed by atoms with E-state index in [1.807, 2.05) is 18.5 Å². The standard InChI is InChI=1S/C17H31N7/c1-5-24-8-6-7-14(24)10-18-17(20-15-9-12(15)2)19-11-16-22-21-13(3)23(16)4/h12,14-15H,5-11H2,1-4H3,(H2,18,19,20). The lowest BCUT2D eigenvalue weighted by molar-refractivity contribution is 0.267.